The second-order valence-corrected chi connectivity index (χ2v) is 6.04. The highest BCUT2D eigenvalue weighted by atomic mass is 19.1. The fourth-order valence-electron chi connectivity index (χ4n) is 2.84. The number of carbonyl (C=O) groups excluding carboxylic acids is 1. The fraction of sp³-hybridized carbons (Fsp3) is 0.278. The van der Waals surface area contributed by atoms with Crippen molar-refractivity contribution in [2.45, 2.75) is 25.3 Å². The molecule has 6 N–H and O–H groups in total. The summed E-state index contributed by atoms with van der Waals surface area (Å²) in [7, 11) is 1.40. The van der Waals surface area contributed by atoms with Crippen LogP contribution in [0.4, 0.5) is 4.39 Å². The summed E-state index contributed by atoms with van der Waals surface area (Å²) in [5.74, 6) is 3.77. The average molecular weight is 354 g/mol. The highest BCUT2D eigenvalue weighted by Crippen LogP contribution is 2.34. The van der Waals surface area contributed by atoms with Crippen molar-refractivity contribution >= 4 is 22.6 Å². The molecule has 26 heavy (non-hydrogen) atoms. The first kappa shape index (κ1) is 17.5. The van der Waals surface area contributed by atoms with Crippen LogP contribution in [0.1, 0.15) is 30.9 Å². The van der Waals surface area contributed by atoms with Crippen molar-refractivity contribution in [3.05, 3.63) is 41.0 Å². The molecule has 134 valence electrons. The van der Waals surface area contributed by atoms with E-state index in [-0.39, 0.29) is 22.7 Å². The molecule has 1 amide bonds. The number of nitrogens with two attached hydrogens (primary N) is 3. The van der Waals surface area contributed by atoms with Gasteiger partial charge < -0.3 is 17.2 Å². The van der Waals surface area contributed by atoms with Gasteiger partial charge in [-0.05, 0) is 37.3 Å². The van der Waals surface area contributed by atoms with Gasteiger partial charge in [0, 0.05) is 12.4 Å². The standard InChI is InChI=1S/C18H19FN6O/c1-23-17(21)16(18(22)26)14(20)7-5-11-12-9-24-25(10-3-2-4-10)15(12)8-6-13(11)19/h6,8-10H,2-4,20H2,1H3,(H2,21,23)(H2,22,26)/b16-14+. The Bertz CT molecular complexity index is 1000. The van der Waals surface area contributed by atoms with E-state index in [1.54, 1.807) is 12.3 Å². The monoisotopic (exact) mass is 354 g/mol. The Morgan fingerprint density at radius 3 is 2.65 bits per heavy atom. The summed E-state index contributed by atoms with van der Waals surface area (Å²) in [6.45, 7) is 0. The number of carbonyl (C=O) groups is 1. The van der Waals surface area contributed by atoms with Gasteiger partial charge >= 0.3 is 0 Å². The topological polar surface area (TPSA) is 125 Å². The molecule has 3 rings (SSSR count). The number of hydrogen-bond donors (Lipinski definition) is 3. The molecule has 0 spiro atoms. The van der Waals surface area contributed by atoms with Crippen LogP contribution in [-0.2, 0) is 4.79 Å². The molecule has 0 unspecified atom stereocenters. The molecular formula is C18H19FN6O. The highest BCUT2D eigenvalue weighted by Gasteiger charge is 2.22. The molecule has 1 heterocycles. The average Bonchev–Trinajstić information content (AvgIpc) is 2.95. The number of rotatable bonds is 3. The molecule has 8 heteroatoms. The molecule has 1 aliphatic rings. The summed E-state index contributed by atoms with van der Waals surface area (Å²) in [6, 6.07) is 3.38. The van der Waals surface area contributed by atoms with E-state index in [2.05, 4.69) is 21.9 Å². The first-order valence-corrected chi connectivity index (χ1v) is 8.14. The molecule has 1 aromatic carbocycles. The Hall–Kier alpha value is -3.34. The molecule has 0 saturated heterocycles. The Balaban J connectivity index is 2.10. The summed E-state index contributed by atoms with van der Waals surface area (Å²) < 4.78 is 16.2. The lowest BCUT2D eigenvalue weighted by atomic mass is 9.93. The third kappa shape index (κ3) is 2.99. The third-order valence-corrected chi connectivity index (χ3v) is 4.49. The number of amidine groups is 1. The maximum absolute atomic E-state index is 14.3. The van der Waals surface area contributed by atoms with E-state index in [1.165, 1.54) is 13.1 Å². The molecule has 1 aliphatic carbocycles. The zero-order valence-corrected chi connectivity index (χ0v) is 14.3. The molecule has 2 aromatic rings. The number of amides is 1. The summed E-state index contributed by atoms with van der Waals surface area (Å²) in [4.78, 5) is 15.2. The van der Waals surface area contributed by atoms with Gasteiger partial charge in [0.1, 0.15) is 17.2 Å². The van der Waals surface area contributed by atoms with Gasteiger partial charge in [0.2, 0.25) is 0 Å². The highest BCUT2D eigenvalue weighted by molar-refractivity contribution is 6.20. The van der Waals surface area contributed by atoms with Gasteiger partial charge in [-0.15, -0.1) is 0 Å². The van der Waals surface area contributed by atoms with Crippen LogP contribution in [0.3, 0.4) is 0 Å². The molecular weight excluding hydrogens is 335 g/mol. The van der Waals surface area contributed by atoms with Crippen molar-refractivity contribution in [2.24, 2.45) is 22.2 Å². The first-order valence-electron chi connectivity index (χ1n) is 8.14. The molecule has 0 atom stereocenters. The van der Waals surface area contributed by atoms with Gasteiger partial charge in [0.05, 0.1) is 29.0 Å². The SMILES string of the molecule is CN=C(N)/C(C(N)=O)=C(\N)C#Cc1c(F)ccc2c1cnn2C1CCC1. The predicted octanol–water partition coefficient (Wildman–Crippen LogP) is 0.937. The number of nitrogens with zero attached hydrogens (tertiary/aromatic N) is 3. The normalized spacial score (nSPS) is 15.8. The van der Waals surface area contributed by atoms with E-state index >= 15 is 0 Å². The van der Waals surface area contributed by atoms with E-state index in [9.17, 15) is 9.18 Å². The molecule has 0 radical (unpaired) electrons. The zero-order chi connectivity index (χ0) is 18.8. The molecule has 0 aliphatic heterocycles. The Morgan fingerprint density at radius 1 is 1.35 bits per heavy atom. The summed E-state index contributed by atoms with van der Waals surface area (Å²) >= 11 is 0. The molecule has 7 nitrogen and oxygen atoms in total. The van der Waals surface area contributed by atoms with E-state index in [0.29, 0.717) is 11.4 Å². The lowest BCUT2D eigenvalue weighted by Crippen LogP contribution is -2.29. The van der Waals surface area contributed by atoms with Gasteiger partial charge in [-0.2, -0.15) is 5.10 Å². The summed E-state index contributed by atoms with van der Waals surface area (Å²) in [5, 5.41) is 4.97. The molecule has 1 fully saturated rings. The van der Waals surface area contributed by atoms with Gasteiger partial charge in [0.15, 0.2) is 0 Å². The van der Waals surface area contributed by atoms with Crippen molar-refractivity contribution in [3.8, 4) is 11.8 Å². The molecule has 1 saturated carbocycles. The minimum Gasteiger partial charge on any atom is -0.391 e. The van der Waals surface area contributed by atoms with Crippen LogP contribution < -0.4 is 17.2 Å². The maximum Gasteiger partial charge on any atom is 0.255 e. The van der Waals surface area contributed by atoms with Crippen LogP contribution in [0, 0.1) is 17.7 Å². The number of aliphatic imine (C=N–C) groups is 1. The van der Waals surface area contributed by atoms with Gasteiger partial charge in [-0.3, -0.25) is 14.5 Å². The number of allylic oxidation sites excluding steroid dienone is 1. The van der Waals surface area contributed by atoms with E-state index in [0.717, 1.165) is 24.8 Å². The zero-order valence-electron chi connectivity index (χ0n) is 14.3. The smallest absolute Gasteiger partial charge is 0.255 e. The van der Waals surface area contributed by atoms with E-state index in [1.807, 2.05) is 4.68 Å². The number of aromatic nitrogens is 2. The van der Waals surface area contributed by atoms with Crippen molar-refractivity contribution in [2.75, 3.05) is 7.05 Å². The van der Waals surface area contributed by atoms with Gasteiger partial charge in [-0.25, -0.2) is 4.39 Å². The van der Waals surface area contributed by atoms with Crippen LogP contribution >= 0.6 is 0 Å². The Kier molecular flexibility index (Phi) is 4.63. The lowest BCUT2D eigenvalue weighted by molar-refractivity contribution is -0.114. The maximum atomic E-state index is 14.3. The minimum absolute atomic E-state index is 0.124. The van der Waals surface area contributed by atoms with Crippen LogP contribution in [-0.4, -0.2) is 28.6 Å². The number of benzene rings is 1. The summed E-state index contributed by atoms with van der Waals surface area (Å²) in [6.07, 6.45) is 4.87. The van der Waals surface area contributed by atoms with Crippen LogP contribution in [0.25, 0.3) is 10.9 Å². The number of hydrogen-bond acceptors (Lipinski definition) is 4. The van der Waals surface area contributed by atoms with Crippen molar-refractivity contribution in [1.29, 1.82) is 0 Å². The van der Waals surface area contributed by atoms with Crippen LogP contribution in [0.15, 0.2) is 34.6 Å². The number of halogens is 1. The second-order valence-electron chi connectivity index (χ2n) is 6.04. The quantitative estimate of drug-likeness (QED) is 0.328. The van der Waals surface area contributed by atoms with Crippen molar-refractivity contribution < 1.29 is 9.18 Å². The Labute approximate surface area is 149 Å². The third-order valence-electron chi connectivity index (χ3n) is 4.49. The predicted molar refractivity (Wildman–Crippen MR) is 97.4 cm³/mol. The lowest BCUT2D eigenvalue weighted by Gasteiger charge is -2.26. The molecule has 0 bridgehead atoms. The van der Waals surface area contributed by atoms with E-state index in [4.69, 9.17) is 17.2 Å². The van der Waals surface area contributed by atoms with Gasteiger partial charge in [-0.1, -0.05) is 5.92 Å². The van der Waals surface area contributed by atoms with E-state index < -0.39 is 11.7 Å². The Morgan fingerprint density at radius 2 is 2.08 bits per heavy atom. The van der Waals surface area contributed by atoms with Crippen molar-refractivity contribution in [1.82, 2.24) is 9.78 Å². The molecule has 1 aromatic heterocycles. The fourth-order valence-corrected chi connectivity index (χ4v) is 2.84. The summed E-state index contributed by atoms with van der Waals surface area (Å²) in [5.41, 5.74) is 17.3. The second kappa shape index (κ2) is 6.88. The minimum atomic E-state index is -0.851. The number of fused-ring (bicyclic) bond motifs is 1. The van der Waals surface area contributed by atoms with Crippen LogP contribution in [0.5, 0.6) is 0 Å². The van der Waals surface area contributed by atoms with Crippen molar-refractivity contribution in [3.63, 3.8) is 0 Å². The number of primary amides is 1. The largest absolute Gasteiger partial charge is 0.391 e. The van der Waals surface area contributed by atoms with Crippen LogP contribution in [0.2, 0.25) is 0 Å². The first-order chi connectivity index (χ1) is 12.4. The van der Waals surface area contributed by atoms with Gasteiger partial charge in [0.25, 0.3) is 5.91 Å².